The second kappa shape index (κ2) is 7.00. The third-order valence-corrected chi connectivity index (χ3v) is 3.65. The first-order valence-corrected chi connectivity index (χ1v) is 7.51. The van der Waals surface area contributed by atoms with E-state index in [1.54, 1.807) is 18.2 Å². The zero-order valence-corrected chi connectivity index (χ0v) is 13.7. The number of benzene rings is 2. The second-order valence-electron chi connectivity index (χ2n) is 5.09. The van der Waals surface area contributed by atoms with Crippen molar-refractivity contribution in [2.45, 2.75) is 6.10 Å². The Kier molecular flexibility index (Phi) is 4.78. The third kappa shape index (κ3) is 3.67. The number of ether oxygens (including phenoxy) is 2. The molecule has 0 aliphatic heterocycles. The SMILES string of the molecule is COC(C(=O)O)c1ccc(Oc2cnc3cc(Cl)ccc3n2)c(F)c1. The molecule has 1 aromatic heterocycles. The minimum atomic E-state index is -1.26. The van der Waals surface area contributed by atoms with Gasteiger partial charge >= 0.3 is 5.97 Å². The van der Waals surface area contributed by atoms with Gasteiger partial charge in [0.2, 0.25) is 5.88 Å². The molecule has 0 saturated carbocycles. The van der Waals surface area contributed by atoms with E-state index in [-0.39, 0.29) is 17.2 Å². The predicted octanol–water partition coefficient (Wildman–Crippen LogP) is 3.99. The van der Waals surface area contributed by atoms with E-state index in [4.69, 9.17) is 26.2 Å². The molecule has 6 nitrogen and oxygen atoms in total. The zero-order valence-electron chi connectivity index (χ0n) is 12.9. The fourth-order valence-electron chi connectivity index (χ4n) is 2.27. The topological polar surface area (TPSA) is 81.5 Å². The summed E-state index contributed by atoms with van der Waals surface area (Å²) in [6.45, 7) is 0. The summed E-state index contributed by atoms with van der Waals surface area (Å²) in [6, 6.07) is 8.76. The van der Waals surface area contributed by atoms with Gasteiger partial charge in [0.25, 0.3) is 0 Å². The molecule has 8 heteroatoms. The Morgan fingerprint density at radius 3 is 2.72 bits per heavy atom. The Morgan fingerprint density at radius 2 is 2.04 bits per heavy atom. The Balaban J connectivity index is 1.88. The van der Waals surface area contributed by atoms with E-state index < -0.39 is 17.9 Å². The molecule has 0 aliphatic carbocycles. The molecular formula is C17H12ClFN2O4. The Bertz CT molecular complexity index is 951. The highest BCUT2D eigenvalue weighted by Crippen LogP contribution is 2.28. The van der Waals surface area contributed by atoms with E-state index in [1.807, 2.05) is 0 Å². The van der Waals surface area contributed by atoms with Crippen molar-refractivity contribution in [1.82, 2.24) is 9.97 Å². The van der Waals surface area contributed by atoms with Crippen LogP contribution in [0.2, 0.25) is 5.02 Å². The lowest BCUT2D eigenvalue weighted by Gasteiger charge is -2.12. The Hall–Kier alpha value is -2.77. The number of nitrogens with zero attached hydrogens (tertiary/aromatic N) is 2. The molecule has 0 amide bonds. The van der Waals surface area contributed by atoms with Crippen molar-refractivity contribution in [3.63, 3.8) is 0 Å². The maximum atomic E-state index is 14.2. The fraction of sp³-hybridized carbons (Fsp3) is 0.118. The zero-order chi connectivity index (χ0) is 18.0. The largest absolute Gasteiger partial charge is 0.479 e. The maximum absolute atomic E-state index is 14.2. The van der Waals surface area contributed by atoms with E-state index in [9.17, 15) is 9.18 Å². The van der Waals surface area contributed by atoms with E-state index in [1.165, 1.54) is 25.4 Å². The fourth-order valence-corrected chi connectivity index (χ4v) is 2.44. The van der Waals surface area contributed by atoms with Crippen LogP contribution in [0.15, 0.2) is 42.6 Å². The molecule has 2 aromatic carbocycles. The van der Waals surface area contributed by atoms with Crippen LogP contribution < -0.4 is 4.74 Å². The van der Waals surface area contributed by atoms with Crippen LogP contribution in [-0.4, -0.2) is 28.2 Å². The van der Waals surface area contributed by atoms with Crippen LogP contribution in [-0.2, 0) is 9.53 Å². The van der Waals surface area contributed by atoms with Gasteiger partial charge in [-0.1, -0.05) is 17.7 Å². The summed E-state index contributed by atoms with van der Waals surface area (Å²) in [5.74, 6) is -1.96. The van der Waals surface area contributed by atoms with Crippen LogP contribution in [0.4, 0.5) is 4.39 Å². The lowest BCUT2D eigenvalue weighted by molar-refractivity contribution is -0.148. The van der Waals surface area contributed by atoms with Gasteiger partial charge in [0.15, 0.2) is 17.7 Å². The number of carbonyl (C=O) groups is 1. The molecule has 25 heavy (non-hydrogen) atoms. The van der Waals surface area contributed by atoms with Gasteiger partial charge in [0, 0.05) is 12.1 Å². The molecular weight excluding hydrogens is 351 g/mol. The van der Waals surface area contributed by atoms with Gasteiger partial charge in [-0.05, 0) is 35.9 Å². The molecule has 0 saturated heterocycles. The number of carboxylic acids is 1. The quantitative estimate of drug-likeness (QED) is 0.739. The first kappa shape index (κ1) is 17.1. The molecule has 0 aliphatic rings. The minimum absolute atomic E-state index is 0.1000. The Labute approximate surface area is 146 Å². The van der Waals surface area contributed by atoms with Gasteiger partial charge in [-0.2, -0.15) is 0 Å². The second-order valence-corrected chi connectivity index (χ2v) is 5.52. The molecule has 0 radical (unpaired) electrons. The molecule has 1 N–H and O–H groups in total. The molecule has 1 heterocycles. The molecule has 3 rings (SSSR count). The van der Waals surface area contributed by atoms with Crippen molar-refractivity contribution in [3.8, 4) is 11.6 Å². The first-order chi connectivity index (χ1) is 12.0. The molecule has 0 spiro atoms. The number of hydrogen-bond acceptors (Lipinski definition) is 5. The summed E-state index contributed by atoms with van der Waals surface area (Å²) in [4.78, 5) is 19.4. The number of fused-ring (bicyclic) bond motifs is 1. The van der Waals surface area contributed by atoms with Crippen molar-refractivity contribution >= 4 is 28.6 Å². The minimum Gasteiger partial charge on any atom is -0.479 e. The normalized spacial score (nSPS) is 12.1. The summed E-state index contributed by atoms with van der Waals surface area (Å²) in [5.41, 5.74) is 1.29. The smallest absolute Gasteiger partial charge is 0.337 e. The number of hydrogen-bond donors (Lipinski definition) is 1. The average molecular weight is 363 g/mol. The summed E-state index contributed by atoms with van der Waals surface area (Å²) in [5, 5.41) is 9.57. The number of halogens is 2. The van der Waals surface area contributed by atoms with Gasteiger partial charge < -0.3 is 14.6 Å². The standard InChI is InChI=1S/C17H12ClFN2O4/c1-24-16(17(22)23)9-2-5-14(11(19)6-9)25-15-8-20-13-7-10(18)3-4-12(13)21-15/h2-8,16H,1H3,(H,22,23). The summed E-state index contributed by atoms with van der Waals surface area (Å²) < 4.78 is 24.5. The van der Waals surface area contributed by atoms with Crippen LogP contribution >= 0.6 is 11.6 Å². The Morgan fingerprint density at radius 1 is 1.24 bits per heavy atom. The van der Waals surface area contributed by atoms with Crippen LogP contribution in [0, 0.1) is 5.82 Å². The van der Waals surface area contributed by atoms with Crippen LogP contribution in [0.25, 0.3) is 11.0 Å². The van der Waals surface area contributed by atoms with Crippen LogP contribution in [0.3, 0.4) is 0 Å². The van der Waals surface area contributed by atoms with Crippen molar-refractivity contribution in [2.75, 3.05) is 7.11 Å². The highest BCUT2D eigenvalue weighted by Gasteiger charge is 2.20. The lowest BCUT2D eigenvalue weighted by Crippen LogP contribution is -2.13. The van der Waals surface area contributed by atoms with Gasteiger partial charge in [0.05, 0.1) is 17.2 Å². The van der Waals surface area contributed by atoms with E-state index in [2.05, 4.69) is 9.97 Å². The summed E-state index contributed by atoms with van der Waals surface area (Å²) in [6.07, 6.45) is 0.0927. The van der Waals surface area contributed by atoms with Crippen molar-refractivity contribution in [2.24, 2.45) is 0 Å². The van der Waals surface area contributed by atoms with Crippen molar-refractivity contribution < 1.29 is 23.8 Å². The van der Waals surface area contributed by atoms with Gasteiger partial charge in [-0.3, -0.25) is 0 Å². The highest BCUT2D eigenvalue weighted by molar-refractivity contribution is 6.31. The van der Waals surface area contributed by atoms with E-state index in [0.717, 1.165) is 6.07 Å². The van der Waals surface area contributed by atoms with E-state index >= 15 is 0 Å². The molecule has 0 bridgehead atoms. The lowest BCUT2D eigenvalue weighted by atomic mass is 10.1. The van der Waals surface area contributed by atoms with Crippen molar-refractivity contribution in [3.05, 3.63) is 59.0 Å². The van der Waals surface area contributed by atoms with Crippen molar-refractivity contribution in [1.29, 1.82) is 0 Å². The number of methoxy groups -OCH3 is 1. The van der Waals surface area contributed by atoms with Crippen LogP contribution in [0.1, 0.15) is 11.7 Å². The summed E-state index contributed by atoms with van der Waals surface area (Å²) >= 11 is 5.88. The van der Waals surface area contributed by atoms with Gasteiger partial charge in [0.1, 0.15) is 0 Å². The molecule has 0 fully saturated rings. The predicted molar refractivity (Wildman–Crippen MR) is 88.4 cm³/mol. The van der Waals surface area contributed by atoms with Gasteiger partial charge in [-0.15, -0.1) is 0 Å². The molecule has 1 atom stereocenters. The summed E-state index contributed by atoms with van der Waals surface area (Å²) in [7, 11) is 1.23. The third-order valence-electron chi connectivity index (χ3n) is 3.42. The number of carboxylic acid groups (broad SMARTS) is 1. The maximum Gasteiger partial charge on any atom is 0.337 e. The highest BCUT2D eigenvalue weighted by atomic mass is 35.5. The molecule has 3 aromatic rings. The number of aliphatic carboxylic acids is 1. The number of rotatable bonds is 5. The number of aromatic nitrogens is 2. The molecule has 1 unspecified atom stereocenters. The van der Waals surface area contributed by atoms with Gasteiger partial charge in [-0.25, -0.2) is 19.2 Å². The average Bonchev–Trinajstić information content (AvgIpc) is 2.57. The molecule has 128 valence electrons. The van der Waals surface area contributed by atoms with Crippen LogP contribution in [0.5, 0.6) is 11.6 Å². The van der Waals surface area contributed by atoms with E-state index in [0.29, 0.717) is 16.1 Å². The first-order valence-electron chi connectivity index (χ1n) is 7.13. The monoisotopic (exact) mass is 362 g/mol.